The number of thiol groups is 1. The molecule has 402 valence electrons. The summed E-state index contributed by atoms with van der Waals surface area (Å²) in [6.07, 6.45) is 12.4. The molecule has 0 N–H and O–H groups in total. The van der Waals surface area contributed by atoms with Crippen molar-refractivity contribution in [2.45, 2.75) is 118 Å². The molecule has 0 aliphatic rings. The van der Waals surface area contributed by atoms with Gasteiger partial charge in [0.1, 0.15) is 0 Å². The highest BCUT2D eigenvalue weighted by molar-refractivity contribution is 7.98. The van der Waals surface area contributed by atoms with Crippen LogP contribution >= 0.6 is 36.2 Å². The van der Waals surface area contributed by atoms with E-state index in [9.17, 15) is 0 Å². The van der Waals surface area contributed by atoms with Crippen LogP contribution in [0.4, 0.5) is 0 Å². The van der Waals surface area contributed by atoms with E-state index in [0.29, 0.717) is 11.3 Å². The van der Waals surface area contributed by atoms with Gasteiger partial charge in [0.25, 0.3) is 0 Å². The fraction of sp³-hybridized carbons (Fsp3) is 0.253. The maximum absolute atomic E-state index is 4.63. The topological polar surface area (TPSA) is 0 Å². The summed E-state index contributed by atoms with van der Waals surface area (Å²) in [5, 5.41) is 0. The lowest BCUT2D eigenvalue weighted by Gasteiger charge is -2.23. The Balaban J connectivity index is 0.000000609. The van der Waals surface area contributed by atoms with Crippen molar-refractivity contribution in [3.05, 3.63) is 269 Å². The van der Waals surface area contributed by atoms with Crippen molar-refractivity contribution in [3.63, 3.8) is 0 Å². The van der Waals surface area contributed by atoms with Crippen molar-refractivity contribution < 1.29 is 0 Å². The monoisotopic (exact) mass is 1080 g/mol. The minimum Gasteiger partial charge on any atom is -0.143 e. The molecular weight excluding hydrogens is 997 g/mol. The SMILES string of the molecule is C=C/C=C(C)\C=C/C(C)(C)C.CC(C)(C)C.CSc1ccc(/C(C)=C(/C(=C(\C)c2ccc(C(C)C)cc2)c2cc#ccc2)c2ccc(C(=C(/C)c3ccc(SC)cc3)/C(=C(\C)c3ccc(S)cc3)c3ccccc3)cc2)cc1. The van der Waals surface area contributed by atoms with Gasteiger partial charge in [0.15, 0.2) is 0 Å². The standard InChI is InChI=1S/C59H54S3.C11H18.C5H12/c1-39(2)44-19-21-45(22-20-44)40(3)56(49-15-11-9-12-16-49)58(42(5)47-29-35-54(61-7)36-30-47)51-23-25-52(26-24-51)59(43(6)48-31-37-55(62-8)38-32-48)57(50-17-13-10-14-18-50)41(4)46-27-33-53(60)34-28-46;1-6-7-10(2)8-9-11(3,4)5;1-5(2,3)4/h10-11,13-39,60H,1-8H3;6-9H,1H2,2-5H3;1-4H3/b56-40+,57-41+,58-42+,59-43+;9-8-,10-7-;. The van der Waals surface area contributed by atoms with Crippen molar-refractivity contribution >= 4 is 80.7 Å². The highest BCUT2D eigenvalue weighted by Gasteiger charge is 2.22. The summed E-state index contributed by atoms with van der Waals surface area (Å²) in [7, 11) is 0. The normalized spacial score (nSPS) is 13.2. The van der Waals surface area contributed by atoms with Crippen LogP contribution in [-0.4, -0.2) is 12.5 Å². The van der Waals surface area contributed by atoms with Crippen LogP contribution in [0.2, 0.25) is 0 Å². The van der Waals surface area contributed by atoms with Gasteiger partial charge in [-0.2, -0.15) is 0 Å². The Hall–Kier alpha value is -6.41. The van der Waals surface area contributed by atoms with Crippen molar-refractivity contribution in [3.8, 4) is 0 Å². The summed E-state index contributed by atoms with van der Waals surface area (Å²) in [6.45, 7) is 34.6. The largest absolute Gasteiger partial charge is 0.143 e. The molecule has 7 aromatic rings. The zero-order valence-corrected chi connectivity index (χ0v) is 52.1. The third kappa shape index (κ3) is 18.6. The van der Waals surface area contributed by atoms with Crippen molar-refractivity contribution in [1.29, 1.82) is 0 Å². The second-order valence-corrected chi connectivity index (χ2v) is 25.1. The predicted molar refractivity (Wildman–Crippen MR) is 355 cm³/mol. The summed E-state index contributed by atoms with van der Waals surface area (Å²) in [6, 6.07) is 68.4. The van der Waals surface area contributed by atoms with Crippen LogP contribution < -0.4 is 0 Å². The van der Waals surface area contributed by atoms with Gasteiger partial charge in [-0.3, -0.25) is 0 Å². The van der Waals surface area contributed by atoms with Gasteiger partial charge in [0.05, 0.1) is 0 Å². The molecule has 0 saturated heterocycles. The van der Waals surface area contributed by atoms with E-state index in [1.54, 1.807) is 23.5 Å². The zero-order valence-electron chi connectivity index (χ0n) is 49.5. The third-order valence-electron chi connectivity index (χ3n) is 13.1. The molecule has 0 atom stereocenters. The maximum atomic E-state index is 4.63. The van der Waals surface area contributed by atoms with Gasteiger partial charge < -0.3 is 0 Å². The highest BCUT2D eigenvalue weighted by atomic mass is 32.2. The van der Waals surface area contributed by atoms with Gasteiger partial charge in [-0.05, 0) is 213 Å². The zero-order chi connectivity index (χ0) is 57.2. The summed E-state index contributed by atoms with van der Waals surface area (Å²) in [5.41, 5.74) is 22.3. The summed E-state index contributed by atoms with van der Waals surface area (Å²) < 4.78 is 0. The molecule has 0 bridgehead atoms. The average molecular weight is 1080 g/mol. The van der Waals surface area contributed by atoms with E-state index in [1.807, 2.05) is 18.2 Å². The number of allylic oxidation sites excluding steroid dienone is 13. The van der Waals surface area contributed by atoms with E-state index in [-0.39, 0.29) is 5.41 Å². The molecule has 0 radical (unpaired) electrons. The Kier molecular flexibility index (Phi) is 23.6. The average Bonchev–Trinajstić information content (AvgIpc) is 3.44. The summed E-state index contributed by atoms with van der Waals surface area (Å²) in [5.74, 6) is 0.458. The first-order chi connectivity index (χ1) is 37.0. The second-order valence-electron chi connectivity index (χ2n) is 22.8. The third-order valence-corrected chi connectivity index (χ3v) is 14.8. The van der Waals surface area contributed by atoms with Gasteiger partial charge in [0.2, 0.25) is 0 Å². The van der Waals surface area contributed by atoms with E-state index >= 15 is 0 Å². The van der Waals surface area contributed by atoms with Crippen LogP contribution in [0.15, 0.2) is 221 Å². The fourth-order valence-corrected chi connectivity index (χ4v) is 9.78. The fourth-order valence-electron chi connectivity index (χ4n) is 8.82. The number of benzene rings is 6. The number of hydrogen-bond donors (Lipinski definition) is 1. The smallest absolute Gasteiger partial charge is 0.00695 e. The molecule has 7 aromatic carbocycles. The van der Waals surface area contributed by atoms with Gasteiger partial charge in [-0.25, -0.2) is 0 Å². The molecule has 0 unspecified atom stereocenters. The second kappa shape index (κ2) is 29.5. The predicted octanol–water partition coefficient (Wildman–Crippen LogP) is 23.0. The molecular formula is C75H84S3. The van der Waals surface area contributed by atoms with Crippen molar-refractivity contribution in [2.24, 2.45) is 10.8 Å². The van der Waals surface area contributed by atoms with Gasteiger partial charge >= 0.3 is 0 Å². The summed E-state index contributed by atoms with van der Waals surface area (Å²) >= 11 is 8.16. The van der Waals surface area contributed by atoms with Crippen molar-refractivity contribution in [2.75, 3.05) is 12.5 Å². The molecule has 78 heavy (non-hydrogen) atoms. The molecule has 0 aliphatic carbocycles. The quantitative estimate of drug-likeness (QED) is 0.0470. The Morgan fingerprint density at radius 2 is 0.833 bits per heavy atom. The van der Waals surface area contributed by atoms with Gasteiger partial charge in [0, 0.05) is 14.7 Å². The minimum absolute atomic E-state index is 0.274. The molecule has 0 heterocycles. The van der Waals surface area contributed by atoms with Crippen LogP contribution in [0.1, 0.15) is 153 Å². The van der Waals surface area contributed by atoms with Crippen LogP contribution in [0.25, 0.3) is 44.6 Å². The molecule has 0 nitrogen and oxygen atoms in total. The summed E-state index contributed by atoms with van der Waals surface area (Å²) in [4.78, 5) is 3.44. The van der Waals surface area contributed by atoms with E-state index in [1.165, 1.54) is 93.3 Å². The number of thioether (sulfide) groups is 2. The molecule has 0 amide bonds. The Morgan fingerprint density at radius 1 is 0.474 bits per heavy atom. The van der Waals surface area contributed by atoms with Crippen LogP contribution in [0, 0.1) is 23.0 Å². The first-order valence-corrected chi connectivity index (χ1v) is 30.0. The molecule has 3 heteroatoms. The minimum atomic E-state index is 0.274. The van der Waals surface area contributed by atoms with E-state index in [4.69, 9.17) is 0 Å². The molecule has 0 fully saturated rings. The Bertz CT molecular complexity index is 3210. The van der Waals surface area contributed by atoms with Crippen LogP contribution in [0.5, 0.6) is 0 Å². The Labute approximate surface area is 486 Å². The van der Waals surface area contributed by atoms with Gasteiger partial charge in [-0.15, -0.1) is 36.2 Å². The molecule has 0 spiro atoms. The lowest BCUT2D eigenvalue weighted by molar-refractivity contribution is 0.469. The van der Waals surface area contributed by atoms with E-state index in [0.717, 1.165) is 21.6 Å². The van der Waals surface area contributed by atoms with Crippen LogP contribution in [0.3, 0.4) is 0 Å². The molecule has 7 rings (SSSR count). The van der Waals surface area contributed by atoms with Gasteiger partial charge in [-0.1, -0.05) is 226 Å². The Morgan fingerprint density at radius 3 is 1.18 bits per heavy atom. The highest BCUT2D eigenvalue weighted by Crippen LogP contribution is 2.46. The number of rotatable bonds is 15. The van der Waals surface area contributed by atoms with Crippen molar-refractivity contribution in [1.82, 2.24) is 0 Å². The van der Waals surface area contributed by atoms with E-state index in [2.05, 4.69) is 317 Å². The first kappa shape index (κ1) is 62.4. The number of hydrogen-bond acceptors (Lipinski definition) is 3. The first-order valence-electron chi connectivity index (χ1n) is 27.1. The molecule has 0 aromatic heterocycles. The van der Waals surface area contributed by atoms with Crippen LogP contribution in [-0.2, 0) is 0 Å². The lowest BCUT2D eigenvalue weighted by Crippen LogP contribution is -2.00. The molecule has 0 aliphatic heterocycles. The van der Waals surface area contributed by atoms with E-state index < -0.39 is 0 Å². The maximum Gasteiger partial charge on any atom is 0.00695 e. The molecule has 0 saturated carbocycles. The lowest BCUT2D eigenvalue weighted by atomic mass is 9.80.